The van der Waals surface area contributed by atoms with E-state index in [1.165, 1.54) is 19.3 Å². The average Bonchev–Trinajstić information content (AvgIpc) is 2.79. The molecule has 1 aromatic rings. The van der Waals surface area contributed by atoms with Crippen LogP contribution in [0.25, 0.3) is 6.08 Å². The zero-order valence-electron chi connectivity index (χ0n) is 10.6. The Morgan fingerprint density at radius 3 is 3.00 bits per heavy atom. The third-order valence-electron chi connectivity index (χ3n) is 2.57. The first-order valence-electron chi connectivity index (χ1n) is 6.24. The molecule has 0 spiro atoms. The average molecular weight is 251 g/mol. The molecule has 1 aromatic heterocycles. The smallest absolute Gasteiger partial charge is 0.244 e. The summed E-state index contributed by atoms with van der Waals surface area (Å²) in [7, 11) is 0. The van der Waals surface area contributed by atoms with Gasteiger partial charge in [0, 0.05) is 17.0 Å². The Morgan fingerprint density at radius 2 is 2.35 bits per heavy atom. The molecule has 0 saturated heterocycles. The Morgan fingerprint density at radius 1 is 1.53 bits per heavy atom. The number of rotatable bonds is 7. The lowest BCUT2D eigenvalue weighted by molar-refractivity contribution is -0.117. The molecule has 0 saturated carbocycles. The van der Waals surface area contributed by atoms with Gasteiger partial charge in [0.1, 0.15) is 0 Å². The highest BCUT2D eigenvalue weighted by molar-refractivity contribution is 7.10. The lowest BCUT2D eigenvalue weighted by Gasteiger charge is -2.11. The Kier molecular flexibility index (Phi) is 6.63. The molecule has 0 aromatic carbocycles. The molecule has 0 fully saturated rings. The minimum atomic E-state index is 0.00222. The van der Waals surface area contributed by atoms with E-state index in [1.54, 1.807) is 17.4 Å². The van der Waals surface area contributed by atoms with Crippen LogP contribution in [0.2, 0.25) is 0 Å². The van der Waals surface area contributed by atoms with E-state index in [1.807, 2.05) is 23.6 Å². The van der Waals surface area contributed by atoms with Crippen molar-refractivity contribution in [3.05, 3.63) is 28.5 Å². The van der Waals surface area contributed by atoms with E-state index >= 15 is 0 Å². The number of thiophene rings is 1. The van der Waals surface area contributed by atoms with Crippen LogP contribution < -0.4 is 5.32 Å². The summed E-state index contributed by atoms with van der Waals surface area (Å²) in [6, 6.07) is 4.25. The highest BCUT2D eigenvalue weighted by atomic mass is 32.1. The maximum Gasteiger partial charge on any atom is 0.244 e. The summed E-state index contributed by atoms with van der Waals surface area (Å²) in [4.78, 5) is 12.7. The fraction of sp³-hybridized carbons (Fsp3) is 0.500. The SMILES string of the molecule is CCCCCC(C)NC(=O)/C=C/c1cccs1. The van der Waals surface area contributed by atoms with E-state index < -0.39 is 0 Å². The van der Waals surface area contributed by atoms with Gasteiger partial charge in [-0.2, -0.15) is 0 Å². The van der Waals surface area contributed by atoms with Gasteiger partial charge in [-0.05, 0) is 30.9 Å². The van der Waals surface area contributed by atoms with E-state index in [-0.39, 0.29) is 11.9 Å². The molecule has 0 bridgehead atoms. The third-order valence-corrected chi connectivity index (χ3v) is 3.41. The molecule has 1 amide bonds. The minimum Gasteiger partial charge on any atom is -0.350 e. The molecule has 0 radical (unpaired) electrons. The summed E-state index contributed by atoms with van der Waals surface area (Å²) in [6.45, 7) is 4.25. The van der Waals surface area contributed by atoms with Crippen molar-refractivity contribution < 1.29 is 4.79 Å². The molecule has 3 heteroatoms. The fourth-order valence-corrected chi connectivity index (χ4v) is 2.23. The number of carbonyl (C=O) groups is 1. The van der Waals surface area contributed by atoms with Crippen LogP contribution in [0.5, 0.6) is 0 Å². The van der Waals surface area contributed by atoms with Crippen molar-refractivity contribution in [1.29, 1.82) is 0 Å². The van der Waals surface area contributed by atoms with Crippen LogP contribution in [0.15, 0.2) is 23.6 Å². The standard InChI is InChI=1S/C14H21NOS/c1-3-4-5-7-12(2)15-14(16)10-9-13-8-6-11-17-13/h6,8-12H,3-5,7H2,1-2H3,(H,15,16)/b10-9+. The third kappa shape index (κ3) is 6.27. The van der Waals surface area contributed by atoms with Gasteiger partial charge in [-0.25, -0.2) is 0 Å². The maximum absolute atomic E-state index is 11.6. The second-order valence-corrected chi connectivity index (χ2v) is 5.23. The van der Waals surface area contributed by atoms with Gasteiger partial charge >= 0.3 is 0 Å². The van der Waals surface area contributed by atoms with Crippen molar-refractivity contribution in [3.63, 3.8) is 0 Å². The van der Waals surface area contributed by atoms with Crippen LogP contribution in [0, 0.1) is 0 Å². The highest BCUT2D eigenvalue weighted by Gasteiger charge is 2.03. The molecular formula is C14H21NOS. The number of carbonyl (C=O) groups excluding carboxylic acids is 1. The summed E-state index contributed by atoms with van der Waals surface area (Å²) >= 11 is 1.63. The lowest BCUT2D eigenvalue weighted by Crippen LogP contribution is -2.30. The molecule has 94 valence electrons. The quantitative estimate of drug-likeness (QED) is 0.579. The van der Waals surface area contributed by atoms with Crippen molar-refractivity contribution in [1.82, 2.24) is 5.32 Å². The van der Waals surface area contributed by atoms with Gasteiger partial charge in [0.05, 0.1) is 0 Å². The van der Waals surface area contributed by atoms with Crippen molar-refractivity contribution >= 4 is 23.3 Å². The van der Waals surface area contributed by atoms with E-state index in [0.717, 1.165) is 11.3 Å². The van der Waals surface area contributed by atoms with E-state index in [2.05, 4.69) is 19.2 Å². The first-order valence-corrected chi connectivity index (χ1v) is 7.12. The predicted molar refractivity (Wildman–Crippen MR) is 75.1 cm³/mol. The molecule has 1 N–H and O–H groups in total. The van der Waals surface area contributed by atoms with Gasteiger partial charge in [-0.15, -0.1) is 11.3 Å². The van der Waals surface area contributed by atoms with Crippen LogP contribution in [0.3, 0.4) is 0 Å². The van der Waals surface area contributed by atoms with Crippen LogP contribution in [-0.4, -0.2) is 11.9 Å². The zero-order chi connectivity index (χ0) is 12.5. The minimum absolute atomic E-state index is 0.00222. The second kappa shape index (κ2) is 8.07. The highest BCUT2D eigenvalue weighted by Crippen LogP contribution is 2.10. The van der Waals surface area contributed by atoms with Crippen LogP contribution >= 0.6 is 11.3 Å². The molecule has 1 heterocycles. The molecule has 1 unspecified atom stereocenters. The first-order chi connectivity index (χ1) is 8.22. The summed E-state index contributed by atoms with van der Waals surface area (Å²) in [5.74, 6) is 0.00222. The number of hydrogen-bond acceptors (Lipinski definition) is 2. The largest absolute Gasteiger partial charge is 0.350 e. The molecule has 0 aliphatic heterocycles. The fourth-order valence-electron chi connectivity index (χ4n) is 1.61. The van der Waals surface area contributed by atoms with Crippen molar-refractivity contribution in [2.24, 2.45) is 0 Å². The second-order valence-electron chi connectivity index (χ2n) is 4.25. The Labute approximate surface area is 108 Å². The van der Waals surface area contributed by atoms with E-state index in [4.69, 9.17) is 0 Å². The summed E-state index contributed by atoms with van der Waals surface area (Å²) in [6.07, 6.45) is 8.18. The number of nitrogens with one attached hydrogen (secondary N) is 1. The van der Waals surface area contributed by atoms with Gasteiger partial charge < -0.3 is 5.32 Å². The van der Waals surface area contributed by atoms with Gasteiger partial charge in [-0.1, -0.05) is 32.3 Å². The van der Waals surface area contributed by atoms with Gasteiger partial charge in [0.2, 0.25) is 5.91 Å². The number of hydrogen-bond donors (Lipinski definition) is 1. The van der Waals surface area contributed by atoms with Gasteiger partial charge in [-0.3, -0.25) is 4.79 Å². The maximum atomic E-state index is 11.6. The van der Waals surface area contributed by atoms with Crippen LogP contribution in [0.1, 0.15) is 44.4 Å². The summed E-state index contributed by atoms with van der Waals surface area (Å²) in [5.41, 5.74) is 0. The Balaban J connectivity index is 2.24. The number of amides is 1. The molecular weight excluding hydrogens is 230 g/mol. The van der Waals surface area contributed by atoms with Crippen molar-refractivity contribution in [2.75, 3.05) is 0 Å². The van der Waals surface area contributed by atoms with Crippen LogP contribution in [-0.2, 0) is 4.79 Å². The summed E-state index contributed by atoms with van der Waals surface area (Å²) < 4.78 is 0. The molecule has 0 aliphatic carbocycles. The normalized spacial score (nSPS) is 12.8. The topological polar surface area (TPSA) is 29.1 Å². The molecule has 2 nitrogen and oxygen atoms in total. The van der Waals surface area contributed by atoms with Crippen molar-refractivity contribution in [2.45, 2.75) is 45.6 Å². The van der Waals surface area contributed by atoms with Crippen molar-refractivity contribution in [3.8, 4) is 0 Å². The van der Waals surface area contributed by atoms with E-state index in [9.17, 15) is 4.79 Å². The van der Waals surface area contributed by atoms with Gasteiger partial charge in [0.15, 0.2) is 0 Å². The number of unbranched alkanes of at least 4 members (excludes halogenated alkanes) is 2. The monoisotopic (exact) mass is 251 g/mol. The summed E-state index contributed by atoms with van der Waals surface area (Å²) in [5, 5.41) is 4.99. The lowest BCUT2D eigenvalue weighted by atomic mass is 10.1. The van der Waals surface area contributed by atoms with E-state index in [0.29, 0.717) is 0 Å². The van der Waals surface area contributed by atoms with Gasteiger partial charge in [0.25, 0.3) is 0 Å². The zero-order valence-corrected chi connectivity index (χ0v) is 11.4. The first kappa shape index (κ1) is 14.0. The predicted octanol–water partition coefficient (Wildman–Crippen LogP) is 3.85. The molecule has 1 rings (SSSR count). The Hall–Kier alpha value is -1.09. The molecule has 17 heavy (non-hydrogen) atoms. The molecule has 1 atom stereocenters. The Bertz CT molecular complexity index is 343. The van der Waals surface area contributed by atoms with Crippen LogP contribution in [0.4, 0.5) is 0 Å². The molecule has 0 aliphatic rings.